The van der Waals surface area contributed by atoms with E-state index >= 15 is 0 Å². The van der Waals surface area contributed by atoms with Crippen molar-refractivity contribution in [3.8, 4) is 0 Å². The van der Waals surface area contributed by atoms with Crippen LogP contribution < -0.4 is 0 Å². The van der Waals surface area contributed by atoms with Crippen LogP contribution in [0.4, 0.5) is 0 Å². The Hall–Kier alpha value is -1.60. The first-order valence-electron chi connectivity index (χ1n) is 8.59. The molecule has 1 saturated heterocycles. The Balaban J connectivity index is 2.12. The number of hydrogen-bond acceptors (Lipinski definition) is 5. The van der Waals surface area contributed by atoms with Crippen molar-refractivity contribution in [1.29, 1.82) is 0 Å². The van der Waals surface area contributed by atoms with Gasteiger partial charge in [0.25, 0.3) is 0 Å². The molecular formula is C19H21BrN2O3S. The van der Waals surface area contributed by atoms with Gasteiger partial charge >= 0.3 is 5.97 Å². The smallest absolute Gasteiger partial charge is 0.338 e. The van der Waals surface area contributed by atoms with Gasteiger partial charge in [0.2, 0.25) is 5.91 Å². The summed E-state index contributed by atoms with van der Waals surface area (Å²) in [5, 5.41) is 0.494. The van der Waals surface area contributed by atoms with Gasteiger partial charge in [-0.15, -0.1) is 0 Å². The first kappa shape index (κ1) is 19.2. The summed E-state index contributed by atoms with van der Waals surface area (Å²) >= 11 is 4.90. The van der Waals surface area contributed by atoms with E-state index in [1.165, 1.54) is 11.8 Å². The quantitative estimate of drug-likeness (QED) is 0.654. The number of amidine groups is 1. The summed E-state index contributed by atoms with van der Waals surface area (Å²) in [5.41, 5.74) is 1.89. The SMILES string of the molecule is CC[C@H]1SC2=NC(C)=C(C(=O)OC(C)C)[C@@H](c3ccc(Br)cc3)N2C1=O. The molecule has 0 aromatic heterocycles. The van der Waals surface area contributed by atoms with E-state index in [-0.39, 0.29) is 17.3 Å². The number of esters is 1. The highest BCUT2D eigenvalue weighted by Gasteiger charge is 2.47. The summed E-state index contributed by atoms with van der Waals surface area (Å²) in [6, 6.07) is 7.15. The third kappa shape index (κ3) is 3.47. The Kier molecular flexibility index (Phi) is 5.58. The Labute approximate surface area is 166 Å². The molecular weight excluding hydrogens is 416 g/mol. The van der Waals surface area contributed by atoms with Gasteiger partial charge in [-0.3, -0.25) is 9.69 Å². The molecule has 0 spiro atoms. The van der Waals surface area contributed by atoms with E-state index in [2.05, 4.69) is 20.9 Å². The highest BCUT2D eigenvalue weighted by atomic mass is 79.9. The number of aliphatic imine (C=N–C) groups is 1. The number of fused-ring (bicyclic) bond motifs is 1. The number of ether oxygens (including phenoxy) is 1. The molecule has 2 aliphatic heterocycles. The molecule has 0 unspecified atom stereocenters. The van der Waals surface area contributed by atoms with Crippen LogP contribution in [-0.2, 0) is 14.3 Å². The van der Waals surface area contributed by atoms with Gasteiger partial charge in [-0.1, -0.05) is 46.7 Å². The van der Waals surface area contributed by atoms with Gasteiger partial charge in [0.05, 0.1) is 28.7 Å². The standard InChI is InChI=1S/C19H21BrN2O3S/c1-5-14-17(23)22-16(12-6-8-13(20)9-7-12)15(18(24)25-10(2)3)11(4)21-19(22)26-14/h6-10,14,16H,5H2,1-4H3/t14-,16-/m1/s1. The lowest BCUT2D eigenvalue weighted by molar-refractivity contribution is -0.143. The zero-order valence-corrected chi connectivity index (χ0v) is 17.6. The lowest BCUT2D eigenvalue weighted by Gasteiger charge is -2.33. The predicted octanol–water partition coefficient (Wildman–Crippen LogP) is 4.44. The largest absolute Gasteiger partial charge is 0.459 e. The first-order chi connectivity index (χ1) is 12.3. The molecule has 1 fully saturated rings. The highest BCUT2D eigenvalue weighted by molar-refractivity contribution is 9.10. The molecule has 1 aromatic rings. The molecule has 0 aliphatic carbocycles. The van der Waals surface area contributed by atoms with E-state index in [1.54, 1.807) is 11.8 Å². The van der Waals surface area contributed by atoms with Crippen LogP contribution in [0.2, 0.25) is 0 Å². The van der Waals surface area contributed by atoms with E-state index < -0.39 is 12.0 Å². The zero-order valence-electron chi connectivity index (χ0n) is 15.2. The molecule has 2 aliphatic rings. The van der Waals surface area contributed by atoms with Gasteiger partial charge in [0.15, 0.2) is 5.17 Å². The number of thioether (sulfide) groups is 1. The number of carbonyl (C=O) groups is 2. The van der Waals surface area contributed by atoms with Crippen molar-refractivity contribution in [2.75, 3.05) is 0 Å². The minimum Gasteiger partial charge on any atom is -0.459 e. The van der Waals surface area contributed by atoms with Gasteiger partial charge in [0, 0.05) is 4.47 Å². The maximum absolute atomic E-state index is 13.0. The zero-order chi connectivity index (χ0) is 19.0. The third-order valence-corrected chi connectivity index (χ3v) is 6.12. The second-order valence-corrected chi connectivity index (χ2v) is 8.61. The normalized spacial score (nSPS) is 22.6. The molecule has 0 saturated carbocycles. The minimum absolute atomic E-state index is 0.00786. The molecule has 2 heterocycles. The van der Waals surface area contributed by atoms with Crippen molar-refractivity contribution in [3.05, 3.63) is 45.6 Å². The molecule has 0 bridgehead atoms. The fraction of sp³-hybridized carbons (Fsp3) is 0.421. The van der Waals surface area contributed by atoms with Crippen LogP contribution in [0.5, 0.6) is 0 Å². The Morgan fingerprint density at radius 2 is 2.00 bits per heavy atom. The minimum atomic E-state index is -0.515. The average molecular weight is 437 g/mol. The monoisotopic (exact) mass is 436 g/mol. The van der Waals surface area contributed by atoms with Crippen LogP contribution in [0.1, 0.15) is 45.7 Å². The lowest BCUT2D eigenvalue weighted by Crippen LogP contribution is -2.41. The lowest BCUT2D eigenvalue weighted by atomic mass is 9.94. The number of amides is 1. The van der Waals surface area contributed by atoms with Crippen LogP contribution in [0.3, 0.4) is 0 Å². The number of benzene rings is 1. The van der Waals surface area contributed by atoms with Crippen molar-refractivity contribution in [3.63, 3.8) is 0 Å². The summed E-state index contributed by atoms with van der Waals surface area (Å²) in [4.78, 5) is 32.0. The van der Waals surface area contributed by atoms with Crippen molar-refractivity contribution >= 4 is 44.7 Å². The molecule has 2 atom stereocenters. The molecule has 0 radical (unpaired) electrons. The van der Waals surface area contributed by atoms with Crippen molar-refractivity contribution in [1.82, 2.24) is 4.90 Å². The van der Waals surface area contributed by atoms with Crippen LogP contribution in [-0.4, -0.2) is 33.3 Å². The maximum Gasteiger partial charge on any atom is 0.338 e. The summed E-state index contributed by atoms with van der Waals surface area (Å²) in [6.45, 7) is 7.41. The predicted molar refractivity (Wildman–Crippen MR) is 107 cm³/mol. The van der Waals surface area contributed by atoms with Gasteiger partial charge < -0.3 is 4.74 Å². The summed E-state index contributed by atoms with van der Waals surface area (Å²) in [7, 11) is 0. The maximum atomic E-state index is 13.0. The summed E-state index contributed by atoms with van der Waals surface area (Å²) in [6.07, 6.45) is 0.475. The fourth-order valence-electron chi connectivity index (χ4n) is 3.09. The Bertz CT molecular complexity index is 802. The number of halogens is 1. The first-order valence-corrected chi connectivity index (χ1v) is 10.3. The number of rotatable bonds is 4. The topological polar surface area (TPSA) is 59.0 Å². The summed E-state index contributed by atoms with van der Waals surface area (Å²) in [5.74, 6) is -0.433. The number of nitrogens with zero attached hydrogens (tertiary/aromatic N) is 2. The van der Waals surface area contributed by atoms with E-state index in [0.29, 0.717) is 16.4 Å². The van der Waals surface area contributed by atoms with Crippen molar-refractivity contribution < 1.29 is 14.3 Å². The van der Waals surface area contributed by atoms with Crippen molar-refractivity contribution in [2.24, 2.45) is 4.99 Å². The molecule has 1 aromatic carbocycles. The van der Waals surface area contributed by atoms with E-state index in [4.69, 9.17) is 4.74 Å². The van der Waals surface area contributed by atoms with Gasteiger partial charge in [-0.2, -0.15) is 0 Å². The van der Waals surface area contributed by atoms with Crippen LogP contribution in [0, 0.1) is 0 Å². The van der Waals surface area contributed by atoms with Crippen molar-refractivity contribution in [2.45, 2.75) is 51.5 Å². The molecule has 3 rings (SSSR count). The average Bonchev–Trinajstić information content (AvgIpc) is 2.89. The van der Waals surface area contributed by atoms with Gasteiger partial charge in [0.1, 0.15) is 0 Å². The molecule has 138 valence electrons. The van der Waals surface area contributed by atoms with E-state index in [1.807, 2.05) is 45.0 Å². The van der Waals surface area contributed by atoms with E-state index in [9.17, 15) is 9.59 Å². The second kappa shape index (κ2) is 7.56. The van der Waals surface area contributed by atoms with Crippen LogP contribution in [0.15, 0.2) is 45.0 Å². The molecule has 0 N–H and O–H groups in total. The number of hydrogen-bond donors (Lipinski definition) is 0. The highest BCUT2D eigenvalue weighted by Crippen LogP contribution is 2.44. The van der Waals surface area contributed by atoms with Gasteiger partial charge in [-0.05, 0) is 44.9 Å². The fourth-order valence-corrected chi connectivity index (χ4v) is 4.49. The van der Waals surface area contributed by atoms with Crippen LogP contribution in [0.25, 0.3) is 0 Å². The molecule has 26 heavy (non-hydrogen) atoms. The second-order valence-electron chi connectivity index (χ2n) is 6.52. The third-order valence-electron chi connectivity index (χ3n) is 4.27. The molecule has 5 nitrogen and oxygen atoms in total. The molecule has 7 heteroatoms. The van der Waals surface area contributed by atoms with E-state index in [0.717, 1.165) is 16.5 Å². The number of allylic oxidation sites excluding steroid dienone is 1. The Morgan fingerprint density at radius 3 is 2.58 bits per heavy atom. The molecule has 1 amide bonds. The summed E-state index contributed by atoms with van der Waals surface area (Å²) < 4.78 is 6.39. The Morgan fingerprint density at radius 1 is 1.35 bits per heavy atom. The van der Waals surface area contributed by atoms with Gasteiger partial charge in [-0.25, -0.2) is 9.79 Å². The van der Waals surface area contributed by atoms with Crippen LogP contribution >= 0.6 is 27.7 Å². The number of carbonyl (C=O) groups excluding carboxylic acids is 2.